The summed E-state index contributed by atoms with van der Waals surface area (Å²) in [5.74, 6) is -0.884. The highest BCUT2D eigenvalue weighted by Crippen LogP contribution is 2.35. The van der Waals surface area contributed by atoms with Gasteiger partial charge < -0.3 is 10.2 Å². The Hall–Kier alpha value is -3.85. The summed E-state index contributed by atoms with van der Waals surface area (Å²) >= 11 is 12.9. The maximum Gasteiger partial charge on any atom is 0.264 e. The molecule has 0 aliphatic rings. The van der Waals surface area contributed by atoms with E-state index in [9.17, 15) is 18.0 Å². The standard InChI is InChI=1S/C36H39Cl2N3O4S/c1-4-5-22-39-36(43)33(23-28-10-7-6-8-11-28)40(24-29-18-14-26(2)15-19-29)34(42)25-41(32-13-9-12-31(37)35(32)38)46(44,45)30-20-16-27(3)17-21-30/h6-21,33H,4-5,22-25H2,1-3H3,(H,39,43)/t33-/m0/s1. The molecule has 0 bridgehead atoms. The van der Waals surface area contributed by atoms with Gasteiger partial charge in [0.2, 0.25) is 11.8 Å². The minimum atomic E-state index is -4.30. The van der Waals surface area contributed by atoms with E-state index in [1.807, 2.05) is 75.4 Å². The maximum absolute atomic E-state index is 14.6. The maximum atomic E-state index is 14.6. The summed E-state index contributed by atoms with van der Waals surface area (Å²) < 4.78 is 29.4. The number of hydrogen-bond acceptors (Lipinski definition) is 4. The van der Waals surface area contributed by atoms with Crippen LogP contribution in [-0.4, -0.2) is 44.3 Å². The van der Waals surface area contributed by atoms with Crippen molar-refractivity contribution in [3.63, 3.8) is 0 Å². The Morgan fingerprint density at radius 2 is 1.43 bits per heavy atom. The molecule has 0 aliphatic carbocycles. The van der Waals surface area contributed by atoms with Crippen LogP contribution in [-0.2, 0) is 32.6 Å². The number of nitrogens with one attached hydrogen (secondary N) is 1. The molecule has 7 nitrogen and oxygen atoms in total. The quantitative estimate of drug-likeness (QED) is 0.141. The number of rotatable bonds is 14. The van der Waals surface area contributed by atoms with Crippen molar-refractivity contribution < 1.29 is 18.0 Å². The number of unbranched alkanes of at least 4 members (excludes halogenated alkanes) is 1. The Bertz CT molecular complexity index is 1730. The second-order valence-corrected chi connectivity index (χ2v) is 13.9. The zero-order valence-corrected chi connectivity index (χ0v) is 28.6. The van der Waals surface area contributed by atoms with E-state index in [0.717, 1.165) is 39.4 Å². The SMILES string of the molecule is CCCCNC(=O)[C@H](Cc1ccccc1)N(Cc1ccc(C)cc1)C(=O)CN(c1cccc(Cl)c1Cl)S(=O)(=O)c1ccc(C)cc1. The van der Waals surface area contributed by atoms with Gasteiger partial charge in [0.05, 0.1) is 20.6 Å². The lowest BCUT2D eigenvalue weighted by molar-refractivity contribution is -0.140. The Balaban J connectivity index is 1.81. The average molecular weight is 681 g/mol. The lowest BCUT2D eigenvalue weighted by atomic mass is 10.0. The van der Waals surface area contributed by atoms with Crippen LogP contribution in [0, 0.1) is 13.8 Å². The fraction of sp³-hybridized carbons (Fsp3) is 0.278. The molecule has 0 saturated carbocycles. The number of sulfonamides is 1. The highest BCUT2D eigenvalue weighted by molar-refractivity contribution is 7.92. The molecule has 0 fully saturated rings. The Kier molecular flexibility index (Phi) is 12.3. The molecule has 4 aromatic rings. The van der Waals surface area contributed by atoms with Crippen molar-refractivity contribution >= 4 is 50.7 Å². The molecular weight excluding hydrogens is 641 g/mol. The first kappa shape index (κ1) is 35.0. The van der Waals surface area contributed by atoms with Crippen molar-refractivity contribution in [1.29, 1.82) is 0 Å². The van der Waals surface area contributed by atoms with E-state index in [-0.39, 0.29) is 39.5 Å². The smallest absolute Gasteiger partial charge is 0.264 e. The van der Waals surface area contributed by atoms with Gasteiger partial charge in [0.1, 0.15) is 12.6 Å². The van der Waals surface area contributed by atoms with Crippen LogP contribution in [0.3, 0.4) is 0 Å². The van der Waals surface area contributed by atoms with Gasteiger partial charge in [-0.15, -0.1) is 0 Å². The van der Waals surface area contributed by atoms with Crippen LogP contribution in [0.4, 0.5) is 5.69 Å². The summed E-state index contributed by atoms with van der Waals surface area (Å²) in [4.78, 5) is 29.9. The Morgan fingerprint density at radius 1 is 0.804 bits per heavy atom. The number of halogens is 2. The number of nitrogens with zero attached hydrogens (tertiary/aromatic N) is 2. The monoisotopic (exact) mass is 679 g/mol. The number of carbonyl (C=O) groups excluding carboxylic acids is 2. The largest absolute Gasteiger partial charge is 0.354 e. The fourth-order valence-corrected chi connectivity index (χ4v) is 6.86. The predicted octanol–water partition coefficient (Wildman–Crippen LogP) is 7.36. The van der Waals surface area contributed by atoms with Gasteiger partial charge >= 0.3 is 0 Å². The van der Waals surface area contributed by atoms with Gasteiger partial charge in [-0.1, -0.05) is 120 Å². The third-order valence-electron chi connectivity index (χ3n) is 7.66. The van der Waals surface area contributed by atoms with Crippen LogP contribution in [0.5, 0.6) is 0 Å². The summed E-state index contributed by atoms with van der Waals surface area (Å²) in [6, 6.07) is 27.2. The first-order chi connectivity index (χ1) is 22.0. The number of carbonyl (C=O) groups is 2. The van der Waals surface area contributed by atoms with Gasteiger partial charge in [0, 0.05) is 19.5 Å². The van der Waals surface area contributed by atoms with Crippen molar-refractivity contribution in [2.75, 3.05) is 17.4 Å². The number of amides is 2. The highest BCUT2D eigenvalue weighted by Gasteiger charge is 2.35. The zero-order chi connectivity index (χ0) is 33.3. The minimum Gasteiger partial charge on any atom is -0.354 e. The van der Waals surface area contributed by atoms with Crippen molar-refractivity contribution in [3.8, 4) is 0 Å². The van der Waals surface area contributed by atoms with E-state index in [1.165, 1.54) is 23.1 Å². The number of hydrogen-bond donors (Lipinski definition) is 1. The molecule has 0 spiro atoms. The van der Waals surface area contributed by atoms with Crippen LogP contribution in [0.15, 0.2) is 102 Å². The highest BCUT2D eigenvalue weighted by atomic mass is 35.5. The summed E-state index contributed by atoms with van der Waals surface area (Å²) in [5, 5.41) is 3.13. The van der Waals surface area contributed by atoms with Crippen molar-refractivity contribution in [1.82, 2.24) is 10.2 Å². The van der Waals surface area contributed by atoms with Gasteiger partial charge in [-0.05, 0) is 55.7 Å². The van der Waals surface area contributed by atoms with E-state index < -0.39 is 28.5 Å². The van der Waals surface area contributed by atoms with E-state index in [4.69, 9.17) is 23.2 Å². The number of aryl methyl sites for hydroxylation is 2. The molecule has 242 valence electrons. The van der Waals surface area contributed by atoms with Crippen molar-refractivity contribution in [2.24, 2.45) is 0 Å². The molecule has 0 aromatic heterocycles. The molecule has 0 heterocycles. The van der Waals surface area contributed by atoms with Gasteiger partial charge in [-0.3, -0.25) is 13.9 Å². The van der Waals surface area contributed by atoms with Crippen LogP contribution >= 0.6 is 23.2 Å². The van der Waals surface area contributed by atoms with Crippen LogP contribution in [0.1, 0.15) is 42.0 Å². The summed E-state index contributed by atoms with van der Waals surface area (Å²) in [6.07, 6.45) is 1.91. The van der Waals surface area contributed by atoms with Crippen molar-refractivity contribution in [2.45, 2.75) is 57.5 Å². The molecule has 1 atom stereocenters. The van der Waals surface area contributed by atoms with Gasteiger partial charge in [0.25, 0.3) is 10.0 Å². The minimum absolute atomic E-state index is 0.00381. The topological polar surface area (TPSA) is 86.8 Å². The molecule has 1 N–H and O–H groups in total. The molecule has 0 radical (unpaired) electrons. The molecule has 46 heavy (non-hydrogen) atoms. The predicted molar refractivity (Wildman–Crippen MR) is 186 cm³/mol. The van der Waals surface area contributed by atoms with E-state index in [2.05, 4.69) is 5.32 Å². The van der Waals surface area contributed by atoms with E-state index >= 15 is 0 Å². The van der Waals surface area contributed by atoms with Gasteiger partial charge in [-0.2, -0.15) is 0 Å². The first-order valence-corrected chi connectivity index (χ1v) is 17.4. The summed E-state index contributed by atoms with van der Waals surface area (Å²) in [6.45, 7) is 5.78. The number of anilines is 1. The summed E-state index contributed by atoms with van der Waals surface area (Å²) in [7, 11) is -4.30. The third kappa shape index (κ3) is 8.90. The Morgan fingerprint density at radius 3 is 2.07 bits per heavy atom. The molecule has 0 saturated heterocycles. The van der Waals surface area contributed by atoms with Crippen LogP contribution in [0.25, 0.3) is 0 Å². The molecule has 10 heteroatoms. The van der Waals surface area contributed by atoms with Crippen LogP contribution < -0.4 is 9.62 Å². The molecule has 4 rings (SSSR count). The first-order valence-electron chi connectivity index (χ1n) is 15.2. The number of benzene rings is 4. The second-order valence-electron chi connectivity index (χ2n) is 11.3. The lowest BCUT2D eigenvalue weighted by Crippen LogP contribution is -2.53. The third-order valence-corrected chi connectivity index (χ3v) is 10.2. The van der Waals surface area contributed by atoms with E-state index in [1.54, 1.807) is 24.3 Å². The average Bonchev–Trinajstić information content (AvgIpc) is 3.04. The van der Waals surface area contributed by atoms with Crippen LogP contribution in [0.2, 0.25) is 10.0 Å². The normalized spacial score (nSPS) is 11.9. The zero-order valence-electron chi connectivity index (χ0n) is 26.2. The molecule has 2 amide bonds. The van der Waals surface area contributed by atoms with Gasteiger partial charge in [0.15, 0.2) is 0 Å². The fourth-order valence-electron chi connectivity index (χ4n) is 4.99. The van der Waals surface area contributed by atoms with E-state index in [0.29, 0.717) is 6.54 Å². The lowest BCUT2D eigenvalue weighted by Gasteiger charge is -2.34. The molecule has 4 aromatic carbocycles. The Labute approximate surface area is 282 Å². The van der Waals surface area contributed by atoms with Crippen molar-refractivity contribution in [3.05, 3.63) is 129 Å². The van der Waals surface area contributed by atoms with Gasteiger partial charge in [-0.25, -0.2) is 8.42 Å². The molecule has 0 aliphatic heterocycles. The summed E-state index contributed by atoms with van der Waals surface area (Å²) in [5.41, 5.74) is 3.65. The second kappa shape index (κ2) is 16.1. The molecule has 0 unspecified atom stereocenters. The molecular formula is C36H39Cl2N3O4S.